The number of piperidine rings is 1. The first-order valence-corrected chi connectivity index (χ1v) is 6.39. The van der Waals surface area contributed by atoms with Crippen molar-refractivity contribution in [3.05, 3.63) is 23.8 Å². The molecule has 0 aromatic carbocycles. The summed E-state index contributed by atoms with van der Waals surface area (Å²) >= 11 is 0. The van der Waals surface area contributed by atoms with Gasteiger partial charge in [-0.3, -0.25) is 4.79 Å². The maximum atomic E-state index is 11.9. The first-order valence-electron chi connectivity index (χ1n) is 6.39. The van der Waals surface area contributed by atoms with Crippen LogP contribution in [0.3, 0.4) is 0 Å². The van der Waals surface area contributed by atoms with Gasteiger partial charge in [-0.2, -0.15) is 0 Å². The second-order valence-electron chi connectivity index (χ2n) is 4.55. The zero-order valence-corrected chi connectivity index (χ0v) is 10.9. The molecular weight excluding hydrogens is 246 g/mol. The van der Waals surface area contributed by atoms with Gasteiger partial charge in [0.25, 0.3) is 5.91 Å². The Morgan fingerprint density at radius 3 is 3.05 bits per heavy atom. The van der Waals surface area contributed by atoms with E-state index in [-0.39, 0.29) is 6.54 Å². The number of carboxylic acid groups (broad SMARTS) is 1. The number of rotatable bonds is 3. The maximum Gasteiger partial charge on any atom is 0.414 e. The first-order chi connectivity index (χ1) is 9.11. The lowest BCUT2D eigenvalue weighted by molar-refractivity contribution is -0.126. The van der Waals surface area contributed by atoms with Crippen LogP contribution in [0.1, 0.15) is 31.9 Å². The van der Waals surface area contributed by atoms with Crippen LogP contribution in [0.5, 0.6) is 0 Å². The van der Waals surface area contributed by atoms with E-state index in [0.717, 1.165) is 17.9 Å². The highest BCUT2D eigenvalue weighted by atomic mass is 16.4. The van der Waals surface area contributed by atoms with Gasteiger partial charge in [0.15, 0.2) is 0 Å². The van der Waals surface area contributed by atoms with Gasteiger partial charge in [-0.1, -0.05) is 6.92 Å². The SMILES string of the molecule is CCCn1cnc(C=C2CCCN(C(=O)O)C2=O)c1. The average molecular weight is 263 g/mol. The van der Waals surface area contributed by atoms with Crippen molar-refractivity contribution in [2.24, 2.45) is 0 Å². The third kappa shape index (κ3) is 3.01. The highest BCUT2D eigenvalue weighted by Gasteiger charge is 2.27. The van der Waals surface area contributed by atoms with Gasteiger partial charge in [-0.25, -0.2) is 14.7 Å². The monoisotopic (exact) mass is 263 g/mol. The third-order valence-corrected chi connectivity index (χ3v) is 3.04. The van der Waals surface area contributed by atoms with Gasteiger partial charge < -0.3 is 9.67 Å². The lowest BCUT2D eigenvalue weighted by Gasteiger charge is -2.23. The topological polar surface area (TPSA) is 75.4 Å². The first kappa shape index (κ1) is 13.3. The number of carbonyl (C=O) groups excluding carboxylic acids is 1. The second kappa shape index (κ2) is 5.69. The summed E-state index contributed by atoms with van der Waals surface area (Å²) in [7, 11) is 0. The largest absolute Gasteiger partial charge is 0.465 e. The van der Waals surface area contributed by atoms with E-state index in [1.807, 2.05) is 10.8 Å². The molecule has 1 aromatic rings. The zero-order chi connectivity index (χ0) is 13.8. The smallest absolute Gasteiger partial charge is 0.414 e. The molecule has 102 valence electrons. The fraction of sp³-hybridized carbons (Fsp3) is 0.462. The summed E-state index contributed by atoms with van der Waals surface area (Å²) in [5.74, 6) is -0.427. The minimum Gasteiger partial charge on any atom is -0.465 e. The van der Waals surface area contributed by atoms with Crippen molar-refractivity contribution in [2.45, 2.75) is 32.7 Å². The maximum absolute atomic E-state index is 11.9. The Hall–Kier alpha value is -2.11. The summed E-state index contributed by atoms with van der Waals surface area (Å²) in [6.45, 7) is 3.23. The molecule has 0 aliphatic carbocycles. The van der Waals surface area contributed by atoms with Crippen LogP contribution in [0.15, 0.2) is 18.1 Å². The normalized spacial score (nSPS) is 18.1. The summed E-state index contributed by atoms with van der Waals surface area (Å²) in [4.78, 5) is 27.9. The van der Waals surface area contributed by atoms with Gasteiger partial charge in [0.05, 0.1) is 12.0 Å². The van der Waals surface area contributed by atoms with E-state index in [2.05, 4.69) is 11.9 Å². The molecule has 2 rings (SSSR count). The van der Waals surface area contributed by atoms with E-state index in [1.54, 1.807) is 12.4 Å². The van der Waals surface area contributed by atoms with Crippen LogP contribution in [0, 0.1) is 0 Å². The minimum absolute atomic E-state index is 0.274. The van der Waals surface area contributed by atoms with Crippen molar-refractivity contribution >= 4 is 18.1 Å². The number of likely N-dealkylation sites (tertiary alicyclic amines) is 1. The number of imide groups is 1. The fourth-order valence-corrected chi connectivity index (χ4v) is 2.14. The van der Waals surface area contributed by atoms with Crippen LogP contribution in [0.2, 0.25) is 0 Å². The molecule has 1 aliphatic rings. The number of hydrogen-bond donors (Lipinski definition) is 1. The Morgan fingerprint density at radius 2 is 2.37 bits per heavy atom. The third-order valence-electron chi connectivity index (χ3n) is 3.04. The van der Waals surface area contributed by atoms with Crippen molar-refractivity contribution in [2.75, 3.05) is 6.54 Å². The summed E-state index contributed by atoms with van der Waals surface area (Å²) in [5.41, 5.74) is 1.21. The summed E-state index contributed by atoms with van der Waals surface area (Å²) in [6, 6.07) is 0. The molecule has 0 atom stereocenters. The predicted molar refractivity (Wildman–Crippen MR) is 69.5 cm³/mol. The molecule has 1 saturated heterocycles. The molecule has 2 heterocycles. The van der Waals surface area contributed by atoms with Crippen LogP contribution in [0.25, 0.3) is 6.08 Å². The molecule has 0 spiro atoms. The Morgan fingerprint density at radius 1 is 1.58 bits per heavy atom. The van der Waals surface area contributed by atoms with Gasteiger partial charge in [0, 0.05) is 24.9 Å². The van der Waals surface area contributed by atoms with Gasteiger partial charge in [-0.15, -0.1) is 0 Å². The highest BCUT2D eigenvalue weighted by Crippen LogP contribution is 2.19. The van der Waals surface area contributed by atoms with E-state index in [4.69, 9.17) is 5.11 Å². The molecule has 1 N–H and O–H groups in total. The number of nitrogens with zero attached hydrogens (tertiary/aromatic N) is 3. The second-order valence-corrected chi connectivity index (χ2v) is 4.55. The average Bonchev–Trinajstić information content (AvgIpc) is 2.79. The van der Waals surface area contributed by atoms with Crippen molar-refractivity contribution in [3.8, 4) is 0 Å². The molecule has 0 bridgehead atoms. The van der Waals surface area contributed by atoms with Gasteiger partial charge in [0.2, 0.25) is 0 Å². The van der Waals surface area contributed by atoms with Crippen LogP contribution >= 0.6 is 0 Å². The van der Waals surface area contributed by atoms with Gasteiger partial charge in [-0.05, 0) is 25.3 Å². The lowest BCUT2D eigenvalue weighted by Crippen LogP contribution is -2.40. The highest BCUT2D eigenvalue weighted by molar-refractivity contribution is 6.05. The molecule has 2 amide bonds. The Kier molecular flexibility index (Phi) is 3.99. The summed E-state index contributed by atoms with van der Waals surface area (Å²) in [6.07, 6.45) is 6.36. The van der Waals surface area contributed by atoms with Crippen molar-refractivity contribution in [1.29, 1.82) is 0 Å². The van der Waals surface area contributed by atoms with E-state index in [9.17, 15) is 9.59 Å². The van der Waals surface area contributed by atoms with E-state index in [1.165, 1.54) is 0 Å². The van der Waals surface area contributed by atoms with E-state index < -0.39 is 12.0 Å². The van der Waals surface area contributed by atoms with Crippen LogP contribution in [-0.2, 0) is 11.3 Å². The van der Waals surface area contributed by atoms with Crippen LogP contribution < -0.4 is 0 Å². The van der Waals surface area contributed by atoms with Crippen molar-refractivity contribution < 1.29 is 14.7 Å². The molecule has 19 heavy (non-hydrogen) atoms. The van der Waals surface area contributed by atoms with Crippen molar-refractivity contribution in [3.63, 3.8) is 0 Å². The van der Waals surface area contributed by atoms with Gasteiger partial charge >= 0.3 is 6.09 Å². The number of aromatic nitrogens is 2. The van der Waals surface area contributed by atoms with Crippen molar-refractivity contribution in [1.82, 2.24) is 14.5 Å². The summed E-state index contributed by atoms with van der Waals surface area (Å²) < 4.78 is 1.95. The minimum atomic E-state index is -1.19. The lowest BCUT2D eigenvalue weighted by atomic mass is 10.0. The van der Waals surface area contributed by atoms with Crippen LogP contribution in [0.4, 0.5) is 4.79 Å². The zero-order valence-electron chi connectivity index (χ0n) is 10.9. The molecule has 6 heteroatoms. The summed E-state index contributed by atoms with van der Waals surface area (Å²) in [5, 5.41) is 8.92. The molecular formula is C13H17N3O3. The number of amides is 2. The Bertz CT molecular complexity index is 519. The number of carbonyl (C=O) groups is 2. The molecule has 6 nitrogen and oxygen atoms in total. The molecule has 0 unspecified atom stereocenters. The van der Waals surface area contributed by atoms with Crippen LogP contribution in [-0.4, -0.2) is 38.1 Å². The molecule has 1 aliphatic heterocycles. The molecule has 0 radical (unpaired) electrons. The quantitative estimate of drug-likeness (QED) is 0.846. The molecule has 0 saturated carbocycles. The van der Waals surface area contributed by atoms with E-state index in [0.29, 0.717) is 24.1 Å². The Labute approximate surface area is 111 Å². The molecule has 1 aromatic heterocycles. The molecule has 1 fully saturated rings. The van der Waals surface area contributed by atoms with Gasteiger partial charge in [0.1, 0.15) is 0 Å². The number of imidazole rings is 1. The van der Waals surface area contributed by atoms with E-state index >= 15 is 0 Å². The number of hydrogen-bond acceptors (Lipinski definition) is 3. The number of aryl methyl sites for hydroxylation is 1. The predicted octanol–water partition coefficient (Wildman–Crippen LogP) is 1.98. The Balaban J connectivity index is 2.17. The fourth-order valence-electron chi connectivity index (χ4n) is 2.14. The standard InChI is InChI=1S/C13H17N3O3/c1-2-5-15-8-11(14-9-15)7-10-4-3-6-16(12(10)17)13(18)19/h7-9H,2-6H2,1H3,(H,18,19).